The molecule has 2 rings (SSSR count). The molecule has 0 radical (unpaired) electrons. The van der Waals surface area contributed by atoms with Crippen LogP contribution < -0.4 is 4.72 Å². The fourth-order valence-corrected chi connectivity index (χ4v) is 3.67. The van der Waals surface area contributed by atoms with E-state index in [-0.39, 0.29) is 12.3 Å². The lowest BCUT2D eigenvalue weighted by Gasteiger charge is -2.24. The van der Waals surface area contributed by atoms with E-state index in [2.05, 4.69) is 4.72 Å². The van der Waals surface area contributed by atoms with Gasteiger partial charge in [0.15, 0.2) is 0 Å². The minimum atomic E-state index is -3.42. The van der Waals surface area contributed by atoms with Crippen molar-refractivity contribution < 1.29 is 13.2 Å². The smallest absolute Gasteiger partial charge is 0.224 e. The van der Waals surface area contributed by atoms with Gasteiger partial charge in [-0.3, -0.25) is 4.79 Å². The maximum Gasteiger partial charge on any atom is 0.224 e. The van der Waals surface area contributed by atoms with Gasteiger partial charge in [-0.05, 0) is 30.5 Å². The van der Waals surface area contributed by atoms with Crippen LogP contribution in [-0.4, -0.2) is 38.6 Å². The third kappa shape index (κ3) is 6.12. The van der Waals surface area contributed by atoms with E-state index < -0.39 is 16.1 Å². The predicted molar refractivity (Wildman–Crippen MR) is 91.8 cm³/mol. The highest BCUT2D eigenvalue weighted by atomic mass is 35.5. The van der Waals surface area contributed by atoms with Gasteiger partial charge in [0.25, 0.3) is 0 Å². The summed E-state index contributed by atoms with van der Waals surface area (Å²) in [5.74, 6) is -0.0111. The van der Waals surface area contributed by atoms with Crippen molar-refractivity contribution in [1.82, 2.24) is 9.62 Å². The van der Waals surface area contributed by atoms with Crippen LogP contribution in [-0.2, 0) is 14.8 Å². The van der Waals surface area contributed by atoms with Crippen LogP contribution in [0.1, 0.15) is 43.7 Å². The van der Waals surface area contributed by atoms with E-state index >= 15 is 0 Å². The number of halogens is 1. The summed E-state index contributed by atoms with van der Waals surface area (Å²) in [6.07, 6.45) is 5.53. The lowest BCUT2D eigenvalue weighted by atomic mass is 10.0. The van der Waals surface area contributed by atoms with Gasteiger partial charge in [-0.15, -0.1) is 0 Å². The van der Waals surface area contributed by atoms with E-state index in [4.69, 9.17) is 11.6 Å². The molecule has 1 fully saturated rings. The molecule has 1 N–H and O–H groups in total. The summed E-state index contributed by atoms with van der Waals surface area (Å²) >= 11 is 5.88. The Labute approximate surface area is 143 Å². The Bertz CT molecular complexity index is 623. The van der Waals surface area contributed by atoms with Gasteiger partial charge >= 0.3 is 0 Å². The molecule has 1 aliphatic heterocycles. The number of amides is 1. The van der Waals surface area contributed by atoms with Gasteiger partial charge < -0.3 is 4.90 Å². The minimum Gasteiger partial charge on any atom is -0.343 e. The fraction of sp³-hybridized carbons (Fsp3) is 0.562. The molecule has 0 spiro atoms. The van der Waals surface area contributed by atoms with Crippen molar-refractivity contribution >= 4 is 27.5 Å². The minimum absolute atomic E-state index is 0.0111. The number of benzene rings is 1. The number of rotatable bonds is 5. The monoisotopic (exact) mass is 358 g/mol. The number of sulfonamides is 1. The molecule has 1 saturated heterocycles. The van der Waals surface area contributed by atoms with E-state index in [1.165, 1.54) is 0 Å². The summed E-state index contributed by atoms with van der Waals surface area (Å²) in [4.78, 5) is 14.4. The van der Waals surface area contributed by atoms with Crippen molar-refractivity contribution in [3.63, 3.8) is 0 Å². The zero-order chi connectivity index (χ0) is 16.9. The Hall–Kier alpha value is -1.11. The molecule has 0 aliphatic carbocycles. The molecule has 1 aliphatic rings. The number of nitrogens with one attached hydrogen (secondary N) is 1. The second-order valence-electron chi connectivity index (χ2n) is 5.99. The first-order valence-corrected chi connectivity index (χ1v) is 10.1. The number of carbonyl (C=O) groups excluding carboxylic acids is 1. The van der Waals surface area contributed by atoms with Crippen molar-refractivity contribution in [2.75, 3.05) is 19.3 Å². The normalized spacial score (nSPS) is 17.6. The highest BCUT2D eigenvalue weighted by Gasteiger charge is 2.23. The van der Waals surface area contributed by atoms with Gasteiger partial charge in [-0.25, -0.2) is 13.1 Å². The first-order chi connectivity index (χ1) is 10.8. The Kier molecular flexibility index (Phi) is 6.44. The predicted octanol–water partition coefficient (Wildman–Crippen LogP) is 2.72. The number of nitrogens with zero attached hydrogens (tertiary/aromatic N) is 1. The lowest BCUT2D eigenvalue weighted by molar-refractivity contribution is -0.131. The maximum absolute atomic E-state index is 12.6. The quantitative estimate of drug-likeness (QED) is 0.880. The zero-order valence-corrected chi connectivity index (χ0v) is 14.9. The molecule has 0 bridgehead atoms. The van der Waals surface area contributed by atoms with Crippen LogP contribution in [0.15, 0.2) is 24.3 Å². The molecule has 0 saturated carbocycles. The van der Waals surface area contributed by atoms with Crippen molar-refractivity contribution in [1.29, 1.82) is 0 Å². The highest BCUT2D eigenvalue weighted by Crippen LogP contribution is 2.22. The molecule has 1 aromatic rings. The second-order valence-corrected chi connectivity index (χ2v) is 8.21. The summed E-state index contributed by atoms with van der Waals surface area (Å²) < 4.78 is 25.8. The van der Waals surface area contributed by atoms with E-state index in [9.17, 15) is 13.2 Å². The van der Waals surface area contributed by atoms with Gasteiger partial charge in [-0.2, -0.15) is 0 Å². The second kappa shape index (κ2) is 8.13. The van der Waals surface area contributed by atoms with Crippen molar-refractivity contribution in [2.24, 2.45) is 0 Å². The molecule has 128 valence electrons. The van der Waals surface area contributed by atoms with Crippen LogP contribution in [0, 0.1) is 0 Å². The Morgan fingerprint density at radius 3 is 2.26 bits per heavy atom. The third-order valence-corrected chi connectivity index (χ3v) is 4.93. The topological polar surface area (TPSA) is 66.5 Å². The van der Waals surface area contributed by atoms with Crippen LogP contribution in [0.5, 0.6) is 0 Å². The van der Waals surface area contributed by atoms with Crippen LogP contribution in [0.2, 0.25) is 5.02 Å². The first kappa shape index (κ1) is 18.2. The SMILES string of the molecule is CS(=O)(=O)N[C@@H](CC(=O)N1CCCCCC1)c1ccc(Cl)cc1. The van der Waals surface area contributed by atoms with Crippen molar-refractivity contribution in [3.05, 3.63) is 34.9 Å². The molecule has 1 amide bonds. The summed E-state index contributed by atoms with van der Waals surface area (Å²) in [5, 5.41) is 0.575. The molecule has 0 aromatic heterocycles. The van der Waals surface area contributed by atoms with Crippen LogP contribution >= 0.6 is 11.6 Å². The van der Waals surface area contributed by atoms with Gasteiger partial charge in [-0.1, -0.05) is 36.6 Å². The molecular weight excluding hydrogens is 336 g/mol. The van der Waals surface area contributed by atoms with Crippen LogP contribution in [0.3, 0.4) is 0 Å². The van der Waals surface area contributed by atoms with Crippen LogP contribution in [0.4, 0.5) is 0 Å². The van der Waals surface area contributed by atoms with Crippen LogP contribution in [0.25, 0.3) is 0 Å². The van der Waals surface area contributed by atoms with E-state index in [0.717, 1.165) is 50.6 Å². The van der Waals surface area contributed by atoms with Gasteiger partial charge in [0.2, 0.25) is 15.9 Å². The first-order valence-electron chi connectivity index (χ1n) is 7.86. The zero-order valence-electron chi connectivity index (χ0n) is 13.3. The number of hydrogen-bond donors (Lipinski definition) is 1. The van der Waals surface area contributed by atoms with Crippen molar-refractivity contribution in [3.8, 4) is 0 Å². The van der Waals surface area contributed by atoms with E-state index in [1.807, 2.05) is 4.90 Å². The van der Waals surface area contributed by atoms with E-state index in [0.29, 0.717) is 5.02 Å². The molecule has 1 heterocycles. The van der Waals surface area contributed by atoms with Gasteiger partial charge in [0, 0.05) is 24.5 Å². The van der Waals surface area contributed by atoms with E-state index in [1.54, 1.807) is 24.3 Å². The molecule has 5 nitrogen and oxygen atoms in total. The molecular formula is C16H23ClN2O3S. The number of hydrogen-bond acceptors (Lipinski definition) is 3. The summed E-state index contributed by atoms with van der Waals surface area (Å²) in [6, 6.07) is 6.33. The Morgan fingerprint density at radius 1 is 1.17 bits per heavy atom. The molecule has 23 heavy (non-hydrogen) atoms. The molecule has 0 unspecified atom stereocenters. The summed E-state index contributed by atoms with van der Waals surface area (Å²) in [5.41, 5.74) is 0.739. The summed E-state index contributed by atoms with van der Waals surface area (Å²) in [6.45, 7) is 1.51. The van der Waals surface area contributed by atoms with Gasteiger partial charge in [0.1, 0.15) is 0 Å². The van der Waals surface area contributed by atoms with Gasteiger partial charge in [0.05, 0.1) is 12.3 Å². The number of carbonyl (C=O) groups is 1. The average Bonchev–Trinajstić information content (AvgIpc) is 2.75. The lowest BCUT2D eigenvalue weighted by Crippen LogP contribution is -2.36. The fourth-order valence-electron chi connectivity index (χ4n) is 2.80. The molecule has 1 aromatic carbocycles. The summed E-state index contributed by atoms with van der Waals surface area (Å²) in [7, 11) is -3.42. The Balaban J connectivity index is 2.13. The van der Waals surface area contributed by atoms with Crippen molar-refractivity contribution in [2.45, 2.75) is 38.1 Å². The average molecular weight is 359 g/mol. The maximum atomic E-state index is 12.6. The largest absolute Gasteiger partial charge is 0.343 e. The molecule has 1 atom stereocenters. The number of likely N-dealkylation sites (tertiary alicyclic amines) is 1. The highest BCUT2D eigenvalue weighted by molar-refractivity contribution is 7.88. The third-order valence-electron chi connectivity index (χ3n) is 3.97. The standard InChI is InChI=1S/C16H23ClN2O3S/c1-23(21,22)18-15(13-6-8-14(17)9-7-13)12-16(20)19-10-4-2-3-5-11-19/h6-9,15,18H,2-5,10-12H2,1H3/t15-/m0/s1. The Morgan fingerprint density at radius 2 is 1.74 bits per heavy atom. The molecule has 7 heteroatoms.